The molecule has 1 aliphatic rings. The summed E-state index contributed by atoms with van der Waals surface area (Å²) in [5.41, 5.74) is 1.23. The van der Waals surface area contributed by atoms with Crippen LogP contribution in [0.3, 0.4) is 0 Å². The fourth-order valence-electron chi connectivity index (χ4n) is 3.16. The molecule has 0 bridgehead atoms. The smallest absolute Gasteiger partial charge is 0.255 e. The van der Waals surface area contributed by atoms with E-state index in [1.165, 1.54) is 12.1 Å². The lowest BCUT2D eigenvalue weighted by atomic mass is 9.87. The van der Waals surface area contributed by atoms with Gasteiger partial charge < -0.3 is 10.0 Å². The summed E-state index contributed by atoms with van der Waals surface area (Å²) in [6.45, 7) is 1.15. The Morgan fingerprint density at radius 2 is 1.75 bits per heavy atom. The number of aliphatic hydroxyl groups excluding tert-OH is 1. The largest absolute Gasteiger partial charge is 0.388 e. The van der Waals surface area contributed by atoms with Crippen LogP contribution in [-0.4, -0.2) is 29.0 Å². The summed E-state index contributed by atoms with van der Waals surface area (Å²) in [7, 11) is 0. The van der Waals surface area contributed by atoms with Crippen molar-refractivity contribution < 1.29 is 14.3 Å². The fourth-order valence-corrected chi connectivity index (χ4v) is 3.37. The fraction of sp³-hybridized carbons (Fsp3) is 0.316. The molecule has 5 heteroatoms. The number of nitrogens with zero attached hydrogens (tertiary/aromatic N) is 1. The maximum Gasteiger partial charge on any atom is 0.255 e. The molecule has 126 valence electrons. The van der Waals surface area contributed by atoms with Crippen LogP contribution in [0.25, 0.3) is 0 Å². The van der Waals surface area contributed by atoms with Crippen molar-refractivity contribution in [3.8, 4) is 0 Å². The number of amides is 1. The number of halogens is 2. The molecule has 0 spiro atoms. The molecule has 0 aliphatic carbocycles. The maximum absolute atomic E-state index is 13.0. The van der Waals surface area contributed by atoms with Crippen molar-refractivity contribution in [2.24, 2.45) is 5.92 Å². The van der Waals surface area contributed by atoms with Gasteiger partial charge in [-0.1, -0.05) is 35.9 Å². The Balaban J connectivity index is 1.62. The van der Waals surface area contributed by atoms with Crippen LogP contribution in [0, 0.1) is 11.7 Å². The van der Waals surface area contributed by atoms with E-state index in [9.17, 15) is 14.3 Å². The molecule has 1 unspecified atom stereocenters. The molecule has 24 heavy (non-hydrogen) atoms. The highest BCUT2D eigenvalue weighted by Gasteiger charge is 2.29. The monoisotopic (exact) mass is 347 g/mol. The van der Waals surface area contributed by atoms with Gasteiger partial charge in [-0.15, -0.1) is 0 Å². The average Bonchev–Trinajstić information content (AvgIpc) is 2.62. The van der Waals surface area contributed by atoms with E-state index in [0.29, 0.717) is 42.1 Å². The van der Waals surface area contributed by atoms with Crippen LogP contribution in [0.2, 0.25) is 5.02 Å². The van der Waals surface area contributed by atoms with Gasteiger partial charge in [0.05, 0.1) is 16.7 Å². The lowest BCUT2D eigenvalue weighted by Gasteiger charge is -2.34. The Morgan fingerprint density at radius 3 is 2.38 bits per heavy atom. The van der Waals surface area contributed by atoms with Crippen molar-refractivity contribution in [2.75, 3.05) is 13.1 Å². The van der Waals surface area contributed by atoms with Gasteiger partial charge in [0.2, 0.25) is 0 Å². The van der Waals surface area contributed by atoms with E-state index < -0.39 is 6.10 Å². The van der Waals surface area contributed by atoms with Crippen LogP contribution in [0.5, 0.6) is 0 Å². The summed E-state index contributed by atoms with van der Waals surface area (Å²) in [6.07, 6.45) is 0.770. The summed E-state index contributed by atoms with van der Waals surface area (Å²) in [4.78, 5) is 14.3. The van der Waals surface area contributed by atoms with E-state index in [4.69, 9.17) is 11.6 Å². The molecule has 2 aromatic carbocycles. The van der Waals surface area contributed by atoms with Gasteiger partial charge in [-0.05, 0) is 48.6 Å². The molecule has 1 atom stereocenters. The lowest BCUT2D eigenvalue weighted by molar-refractivity contribution is 0.0462. The lowest BCUT2D eigenvalue weighted by Crippen LogP contribution is -2.39. The third-order valence-electron chi connectivity index (χ3n) is 4.59. The second-order valence-corrected chi connectivity index (χ2v) is 6.51. The highest BCUT2D eigenvalue weighted by Crippen LogP contribution is 2.31. The van der Waals surface area contributed by atoms with Crippen LogP contribution in [0.15, 0.2) is 48.5 Å². The topological polar surface area (TPSA) is 40.5 Å². The van der Waals surface area contributed by atoms with Gasteiger partial charge in [0.15, 0.2) is 0 Å². The van der Waals surface area contributed by atoms with Gasteiger partial charge >= 0.3 is 0 Å². The summed E-state index contributed by atoms with van der Waals surface area (Å²) >= 11 is 6.09. The number of hydrogen-bond acceptors (Lipinski definition) is 2. The minimum absolute atomic E-state index is 0.0609. The summed E-state index contributed by atoms with van der Waals surface area (Å²) in [5, 5.41) is 10.9. The predicted molar refractivity (Wildman–Crippen MR) is 91.4 cm³/mol. The summed E-state index contributed by atoms with van der Waals surface area (Å²) in [6, 6.07) is 13.0. The van der Waals surface area contributed by atoms with Gasteiger partial charge in [-0.3, -0.25) is 4.79 Å². The van der Waals surface area contributed by atoms with Crippen LogP contribution in [-0.2, 0) is 0 Å². The zero-order valence-electron chi connectivity index (χ0n) is 13.2. The predicted octanol–water partition coefficient (Wildman–Crippen LogP) is 4.06. The second-order valence-electron chi connectivity index (χ2n) is 6.11. The number of piperidine rings is 1. The van der Waals surface area contributed by atoms with Crippen molar-refractivity contribution in [2.45, 2.75) is 18.9 Å². The first kappa shape index (κ1) is 16.9. The van der Waals surface area contributed by atoms with Crippen molar-refractivity contribution >= 4 is 17.5 Å². The van der Waals surface area contributed by atoms with E-state index in [2.05, 4.69) is 0 Å². The Hall–Kier alpha value is -1.91. The van der Waals surface area contributed by atoms with E-state index in [1.54, 1.807) is 41.3 Å². The minimum Gasteiger partial charge on any atom is -0.388 e. The van der Waals surface area contributed by atoms with Gasteiger partial charge in [0.25, 0.3) is 5.91 Å². The number of aliphatic hydroxyl groups is 1. The molecule has 0 saturated carbocycles. The van der Waals surface area contributed by atoms with Crippen LogP contribution in [0.1, 0.15) is 34.9 Å². The van der Waals surface area contributed by atoms with Crippen molar-refractivity contribution in [3.05, 3.63) is 70.5 Å². The Bertz CT molecular complexity index is 712. The first-order valence-electron chi connectivity index (χ1n) is 8.03. The maximum atomic E-state index is 13.0. The third kappa shape index (κ3) is 3.60. The quantitative estimate of drug-likeness (QED) is 0.909. The number of rotatable bonds is 3. The van der Waals surface area contributed by atoms with Crippen LogP contribution < -0.4 is 0 Å². The molecule has 2 aromatic rings. The molecule has 0 radical (unpaired) electrons. The molecular weight excluding hydrogens is 329 g/mol. The highest BCUT2D eigenvalue weighted by atomic mass is 35.5. The zero-order valence-corrected chi connectivity index (χ0v) is 13.9. The van der Waals surface area contributed by atoms with E-state index in [-0.39, 0.29) is 17.6 Å². The van der Waals surface area contributed by atoms with Gasteiger partial charge in [0.1, 0.15) is 5.82 Å². The summed E-state index contributed by atoms with van der Waals surface area (Å²) < 4.78 is 13.0. The van der Waals surface area contributed by atoms with Crippen LogP contribution in [0.4, 0.5) is 4.39 Å². The minimum atomic E-state index is -0.636. The Morgan fingerprint density at radius 1 is 1.12 bits per heavy atom. The van der Waals surface area contributed by atoms with E-state index in [1.807, 2.05) is 0 Å². The molecule has 3 nitrogen and oxygen atoms in total. The normalized spacial score (nSPS) is 16.9. The molecule has 1 heterocycles. The molecular formula is C19H19ClFNO2. The molecule has 1 saturated heterocycles. The zero-order chi connectivity index (χ0) is 17.1. The number of hydrogen-bond donors (Lipinski definition) is 1. The average molecular weight is 348 g/mol. The van der Waals surface area contributed by atoms with Gasteiger partial charge in [0, 0.05) is 13.1 Å². The molecule has 3 rings (SSSR count). The Kier molecular flexibility index (Phi) is 5.17. The standard InChI is InChI=1S/C19H19ClFNO2/c20-17-4-2-1-3-16(17)19(24)22-11-9-14(10-12-22)18(23)13-5-7-15(21)8-6-13/h1-8,14,18,23H,9-12H2. The van der Waals surface area contributed by atoms with Crippen molar-refractivity contribution in [1.82, 2.24) is 4.90 Å². The van der Waals surface area contributed by atoms with Crippen molar-refractivity contribution in [3.63, 3.8) is 0 Å². The summed E-state index contributed by atoms with van der Waals surface area (Å²) in [5.74, 6) is -0.327. The molecule has 1 amide bonds. The number of likely N-dealkylation sites (tertiary alicyclic amines) is 1. The van der Waals surface area contributed by atoms with Crippen LogP contribution >= 0.6 is 11.6 Å². The van der Waals surface area contributed by atoms with Gasteiger partial charge in [-0.25, -0.2) is 4.39 Å². The van der Waals surface area contributed by atoms with Crippen molar-refractivity contribution in [1.29, 1.82) is 0 Å². The highest BCUT2D eigenvalue weighted by molar-refractivity contribution is 6.33. The first-order valence-corrected chi connectivity index (χ1v) is 8.41. The number of carbonyl (C=O) groups excluding carboxylic acids is 1. The first-order chi connectivity index (χ1) is 11.6. The SMILES string of the molecule is O=C(c1ccccc1Cl)N1CCC(C(O)c2ccc(F)cc2)CC1. The van der Waals surface area contributed by atoms with E-state index in [0.717, 1.165) is 0 Å². The number of carbonyl (C=O) groups is 1. The molecule has 1 fully saturated rings. The van der Waals surface area contributed by atoms with Gasteiger partial charge in [-0.2, -0.15) is 0 Å². The molecule has 0 aromatic heterocycles. The second kappa shape index (κ2) is 7.32. The number of benzene rings is 2. The Labute approximate surface area is 145 Å². The molecule has 1 aliphatic heterocycles. The third-order valence-corrected chi connectivity index (χ3v) is 4.92. The van der Waals surface area contributed by atoms with E-state index >= 15 is 0 Å². The molecule has 1 N–H and O–H groups in total.